The standard InChI is InChI=1S/C17H32N2O/c1-17(2,20)15-11-14-9-6-10-18-16(14)19(15)12-13-7-4-3-5-8-13/h13-16,18,20H,3-12H2,1-2H3. The van der Waals surface area contributed by atoms with Crippen LogP contribution >= 0.6 is 0 Å². The first-order chi connectivity index (χ1) is 9.55. The fourth-order valence-corrected chi connectivity index (χ4v) is 4.79. The predicted molar refractivity (Wildman–Crippen MR) is 82.5 cm³/mol. The highest BCUT2D eigenvalue weighted by molar-refractivity contribution is 5.01. The summed E-state index contributed by atoms with van der Waals surface area (Å²) < 4.78 is 0. The van der Waals surface area contributed by atoms with Crippen LogP contribution in [-0.4, -0.2) is 40.9 Å². The minimum absolute atomic E-state index is 0.338. The third-order valence-electron chi connectivity index (χ3n) is 5.84. The van der Waals surface area contributed by atoms with Crippen molar-refractivity contribution in [3.8, 4) is 0 Å². The average Bonchev–Trinajstić information content (AvgIpc) is 2.79. The Morgan fingerprint density at radius 3 is 2.55 bits per heavy atom. The summed E-state index contributed by atoms with van der Waals surface area (Å²) in [5, 5.41) is 14.3. The van der Waals surface area contributed by atoms with Gasteiger partial charge in [-0.2, -0.15) is 0 Å². The number of likely N-dealkylation sites (tertiary alicyclic amines) is 1. The summed E-state index contributed by atoms with van der Waals surface area (Å²) in [4.78, 5) is 2.64. The van der Waals surface area contributed by atoms with E-state index in [4.69, 9.17) is 0 Å². The van der Waals surface area contributed by atoms with Gasteiger partial charge in [-0.15, -0.1) is 0 Å². The van der Waals surface area contributed by atoms with E-state index >= 15 is 0 Å². The van der Waals surface area contributed by atoms with Crippen molar-refractivity contribution < 1.29 is 5.11 Å². The Kier molecular flexibility index (Phi) is 4.40. The second kappa shape index (κ2) is 5.94. The Morgan fingerprint density at radius 1 is 1.10 bits per heavy atom. The van der Waals surface area contributed by atoms with Crippen LogP contribution in [0.1, 0.15) is 65.2 Å². The Morgan fingerprint density at radius 2 is 1.85 bits per heavy atom. The van der Waals surface area contributed by atoms with E-state index in [-0.39, 0.29) is 0 Å². The highest BCUT2D eigenvalue weighted by Crippen LogP contribution is 2.40. The van der Waals surface area contributed by atoms with Crippen LogP contribution in [0.5, 0.6) is 0 Å². The number of nitrogens with one attached hydrogen (secondary N) is 1. The van der Waals surface area contributed by atoms with Gasteiger partial charge >= 0.3 is 0 Å². The van der Waals surface area contributed by atoms with Crippen molar-refractivity contribution in [1.82, 2.24) is 10.2 Å². The number of fused-ring (bicyclic) bond motifs is 1. The smallest absolute Gasteiger partial charge is 0.0746 e. The highest BCUT2D eigenvalue weighted by atomic mass is 16.3. The van der Waals surface area contributed by atoms with Gasteiger partial charge in [0.25, 0.3) is 0 Å². The Labute approximate surface area is 124 Å². The first-order valence-electron chi connectivity index (χ1n) is 8.77. The molecule has 1 saturated carbocycles. The van der Waals surface area contributed by atoms with Gasteiger partial charge in [0.15, 0.2) is 0 Å². The van der Waals surface area contributed by atoms with E-state index in [1.165, 1.54) is 57.9 Å². The van der Waals surface area contributed by atoms with Crippen molar-refractivity contribution in [2.45, 2.75) is 83.0 Å². The normalized spacial score (nSPS) is 37.0. The Balaban J connectivity index is 1.72. The van der Waals surface area contributed by atoms with E-state index in [0.29, 0.717) is 12.2 Å². The predicted octanol–water partition coefficient (Wildman–Crippen LogP) is 2.74. The first-order valence-corrected chi connectivity index (χ1v) is 8.77. The first kappa shape index (κ1) is 14.8. The fraction of sp³-hybridized carbons (Fsp3) is 1.00. The van der Waals surface area contributed by atoms with Gasteiger partial charge in [0.2, 0.25) is 0 Å². The maximum atomic E-state index is 10.6. The van der Waals surface area contributed by atoms with Gasteiger partial charge in [0.05, 0.1) is 11.8 Å². The maximum Gasteiger partial charge on any atom is 0.0746 e. The molecule has 0 amide bonds. The molecule has 0 aromatic carbocycles. The van der Waals surface area contributed by atoms with Gasteiger partial charge in [-0.3, -0.25) is 4.90 Å². The zero-order valence-electron chi connectivity index (χ0n) is 13.3. The molecule has 2 heterocycles. The zero-order valence-corrected chi connectivity index (χ0v) is 13.3. The van der Waals surface area contributed by atoms with Crippen molar-refractivity contribution >= 4 is 0 Å². The molecular weight excluding hydrogens is 248 g/mol. The maximum absolute atomic E-state index is 10.6. The van der Waals surface area contributed by atoms with E-state index in [1.54, 1.807) is 0 Å². The molecule has 3 heteroatoms. The van der Waals surface area contributed by atoms with Crippen LogP contribution < -0.4 is 5.32 Å². The number of hydrogen-bond donors (Lipinski definition) is 2. The van der Waals surface area contributed by atoms with E-state index in [9.17, 15) is 5.11 Å². The van der Waals surface area contributed by atoms with E-state index in [1.807, 2.05) is 13.8 Å². The largest absolute Gasteiger partial charge is 0.389 e. The molecule has 116 valence electrons. The molecule has 0 aromatic heterocycles. The van der Waals surface area contributed by atoms with Crippen molar-refractivity contribution in [2.24, 2.45) is 11.8 Å². The molecule has 2 N–H and O–H groups in total. The third kappa shape index (κ3) is 3.05. The lowest BCUT2D eigenvalue weighted by atomic mass is 9.88. The number of aliphatic hydroxyl groups is 1. The average molecular weight is 280 g/mol. The van der Waals surface area contributed by atoms with Gasteiger partial charge in [-0.25, -0.2) is 0 Å². The Bertz CT molecular complexity index is 319. The van der Waals surface area contributed by atoms with Crippen LogP contribution in [0.25, 0.3) is 0 Å². The molecule has 3 rings (SSSR count). The molecule has 3 aliphatic rings. The number of piperidine rings is 1. The van der Waals surface area contributed by atoms with Crippen LogP contribution in [0, 0.1) is 11.8 Å². The summed E-state index contributed by atoms with van der Waals surface area (Å²) in [6, 6.07) is 0.338. The molecule has 3 fully saturated rings. The quantitative estimate of drug-likeness (QED) is 0.834. The minimum Gasteiger partial charge on any atom is -0.389 e. The van der Waals surface area contributed by atoms with Crippen molar-refractivity contribution in [3.05, 3.63) is 0 Å². The molecule has 20 heavy (non-hydrogen) atoms. The van der Waals surface area contributed by atoms with Crippen LogP contribution in [-0.2, 0) is 0 Å². The van der Waals surface area contributed by atoms with Crippen molar-refractivity contribution in [2.75, 3.05) is 13.1 Å². The molecular formula is C17H32N2O. The fourth-order valence-electron chi connectivity index (χ4n) is 4.79. The van der Waals surface area contributed by atoms with Gasteiger partial charge in [0, 0.05) is 12.6 Å². The summed E-state index contributed by atoms with van der Waals surface area (Å²) in [6.07, 6.45) is 11.4. The van der Waals surface area contributed by atoms with Crippen molar-refractivity contribution in [3.63, 3.8) is 0 Å². The van der Waals surface area contributed by atoms with Gasteiger partial charge in [-0.1, -0.05) is 19.3 Å². The molecule has 0 aromatic rings. The zero-order chi connectivity index (χ0) is 14.2. The lowest BCUT2D eigenvalue weighted by Crippen LogP contribution is -2.55. The summed E-state index contributed by atoms with van der Waals surface area (Å²) >= 11 is 0. The number of hydrogen-bond acceptors (Lipinski definition) is 3. The molecule has 3 unspecified atom stereocenters. The highest BCUT2D eigenvalue weighted by Gasteiger charge is 2.47. The number of nitrogens with zero attached hydrogens (tertiary/aromatic N) is 1. The summed E-state index contributed by atoms with van der Waals surface area (Å²) in [6.45, 7) is 6.36. The lowest BCUT2D eigenvalue weighted by Gasteiger charge is -2.41. The molecule has 0 radical (unpaired) electrons. The monoisotopic (exact) mass is 280 g/mol. The lowest BCUT2D eigenvalue weighted by molar-refractivity contribution is -0.0246. The SMILES string of the molecule is CC(C)(O)C1CC2CCCNC2N1CC1CCCCC1. The van der Waals surface area contributed by atoms with Crippen LogP contribution in [0.3, 0.4) is 0 Å². The van der Waals surface area contributed by atoms with Crippen LogP contribution in [0.2, 0.25) is 0 Å². The topological polar surface area (TPSA) is 35.5 Å². The van der Waals surface area contributed by atoms with E-state index in [0.717, 1.165) is 18.4 Å². The molecule has 3 nitrogen and oxygen atoms in total. The second-order valence-corrected chi connectivity index (χ2v) is 7.91. The molecule has 3 atom stereocenters. The Hall–Kier alpha value is -0.120. The van der Waals surface area contributed by atoms with Gasteiger partial charge in [0.1, 0.15) is 0 Å². The summed E-state index contributed by atoms with van der Waals surface area (Å²) in [5.41, 5.74) is -0.576. The summed E-state index contributed by atoms with van der Waals surface area (Å²) in [5.74, 6) is 1.61. The molecule has 0 bridgehead atoms. The van der Waals surface area contributed by atoms with Gasteiger partial charge < -0.3 is 10.4 Å². The second-order valence-electron chi connectivity index (χ2n) is 7.91. The molecule has 2 aliphatic heterocycles. The van der Waals surface area contributed by atoms with Crippen LogP contribution in [0.4, 0.5) is 0 Å². The summed E-state index contributed by atoms with van der Waals surface area (Å²) in [7, 11) is 0. The molecule has 2 saturated heterocycles. The van der Waals surface area contributed by atoms with Gasteiger partial charge in [-0.05, 0) is 64.3 Å². The molecule has 0 spiro atoms. The van der Waals surface area contributed by atoms with E-state index in [2.05, 4.69) is 10.2 Å². The third-order valence-corrected chi connectivity index (χ3v) is 5.84. The minimum atomic E-state index is -0.576. The van der Waals surface area contributed by atoms with Crippen molar-refractivity contribution in [1.29, 1.82) is 0 Å². The van der Waals surface area contributed by atoms with E-state index < -0.39 is 5.60 Å². The van der Waals surface area contributed by atoms with Crippen LogP contribution in [0.15, 0.2) is 0 Å². The molecule has 1 aliphatic carbocycles. The number of rotatable bonds is 3.